The normalized spacial score (nSPS) is 54.2. The number of carbonyl (C=O) groups is 1. The molecule has 3 rings (SSSR count). The molecule has 0 N–H and O–H groups in total. The fourth-order valence-electron chi connectivity index (χ4n) is 4.52. The zero-order valence-electron chi connectivity index (χ0n) is 11.8. The van der Waals surface area contributed by atoms with Crippen LogP contribution in [0, 0.1) is 23.2 Å². The lowest BCUT2D eigenvalue weighted by Crippen LogP contribution is -2.51. The van der Waals surface area contributed by atoms with Crippen LogP contribution in [0.25, 0.3) is 0 Å². The van der Waals surface area contributed by atoms with Gasteiger partial charge in [-0.1, -0.05) is 27.2 Å². The molecule has 2 aliphatic carbocycles. The van der Waals surface area contributed by atoms with Crippen molar-refractivity contribution < 1.29 is 14.3 Å². The number of hydrogen-bond acceptors (Lipinski definition) is 3. The zero-order valence-corrected chi connectivity index (χ0v) is 11.8. The van der Waals surface area contributed by atoms with Crippen molar-refractivity contribution in [1.29, 1.82) is 0 Å². The number of ether oxygens (including phenoxy) is 2. The summed E-state index contributed by atoms with van der Waals surface area (Å²) in [5, 5.41) is 0. The molecule has 2 saturated carbocycles. The van der Waals surface area contributed by atoms with Crippen LogP contribution >= 0.6 is 0 Å². The van der Waals surface area contributed by atoms with Crippen LogP contribution in [-0.2, 0) is 14.3 Å². The maximum absolute atomic E-state index is 11.2. The Balaban J connectivity index is 1.81. The van der Waals surface area contributed by atoms with Crippen LogP contribution in [0.15, 0.2) is 0 Å². The highest BCUT2D eigenvalue weighted by molar-refractivity contribution is 5.66. The summed E-state index contributed by atoms with van der Waals surface area (Å²) in [7, 11) is 0. The molecule has 7 atom stereocenters. The standard InChI is InChI=1S/C15H24O3/c1-8-5-6-11-7-12(17-10(3)16)13-14(18-13)15(11,4)9(8)2/h8-9,11-14H,5-7H2,1-4H3/t8?,9?,11?,12-,13?,14-,15?/m1/s1. The first-order valence-electron chi connectivity index (χ1n) is 7.27. The minimum atomic E-state index is -0.171. The van der Waals surface area contributed by atoms with Crippen molar-refractivity contribution in [2.45, 2.75) is 65.3 Å². The minimum absolute atomic E-state index is 0.00572. The fraction of sp³-hybridized carbons (Fsp3) is 0.933. The molecule has 0 amide bonds. The topological polar surface area (TPSA) is 38.8 Å². The van der Waals surface area contributed by atoms with Crippen LogP contribution < -0.4 is 0 Å². The summed E-state index contributed by atoms with van der Waals surface area (Å²) >= 11 is 0. The Morgan fingerprint density at radius 2 is 2.06 bits per heavy atom. The van der Waals surface area contributed by atoms with E-state index in [1.807, 2.05) is 0 Å². The highest BCUT2D eigenvalue weighted by Gasteiger charge is 2.66. The first kappa shape index (κ1) is 12.5. The van der Waals surface area contributed by atoms with E-state index in [1.54, 1.807) is 0 Å². The van der Waals surface area contributed by atoms with E-state index in [-0.39, 0.29) is 18.2 Å². The molecular weight excluding hydrogens is 228 g/mol. The number of carbonyl (C=O) groups excluding carboxylic acids is 1. The Labute approximate surface area is 109 Å². The second-order valence-corrected chi connectivity index (χ2v) is 6.81. The molecule has 0 aromatic rings. The quantitative estimate of drug-likeness (QED) is 0.532. The van der Waals surface area contributed by atoms with Gasteiger partial charge in [-0.2, -0.15) is 0 Å². The zero-order chi connectivity index (χ0) is 13.1. The Bertz CT molecular complexity index is 367. The molecule has 3 nitrogen and oxygen atoms in total. The van der Waals surface area contributed by atoms with Gasteiger partial charge in [0.1, 0.15) is 12.2 Å². The third kappa shape index (κ3) is 1.63. The lowest BCUT2D eigenvalue weighted by molar-refractivity contribution is -0.151. The van der Waals surface area contributed by atoms with Crippen LogP contribution in [0.3, 0.4) is 0 Å². The van der Waals surface area contributed by atoms with Gasteiger partial charge in [0, 0.05) is 12.3 Å². The van der Waals surface area contributed by atoms with Gasteiger partial charge in [0.2, 0.25) is 0 Å². The van der Waals surface area contributed by atoms with E-state index in [2.05, 4.69) is 20.8 Å². The molecule has 5 unspecified atom stereocenters. The van der Waals surface area contributed by atoms with E-state index in [0.717, 1.165) is 12.3 Å². The summed E-state index contributed by atoms with van der Waals surface area (Å²) in [6.07, 6.45) is 4.04. The van der Waals surface area contributed by atoms with Crippen molar-refractivity contribution in [2.24, 2.45) is 23.2 Å². The number of hydrogen-bond donors (Lipinski definition) is 0. The molecule has 1 heterocycles. The van der Waals surface area contributed by atoms with Gasteiger partial charge in [-0.15, -0.1) is 0 Å². The van der Waals surface area contributed by atoms with Gasteiger partial charge in [-0.3, -0.25) is 4.79 Å². The highest BCUT2D eigenvalue weighted by atomic mass is 16.6. The average molecular weight is 252 g/mol. The van der Waals surface area contributed by atoms with E-state index in [4.69, 9.17) is 9.47 Å². The van der Waals surface area contributed by atoms with Gasteiger partial charge >= 0.3 is 5.97 Å². The maximum atomic E-state index is 11.2. The molecule has 3 heteroatoms. The summed E-state index contributed by atoms with van der Waals surface area (Å²) in [5.74, 6) is 1.96. The van der Waals surface area contributed by atoms with E-state index in [1.165, 1.54) is 19.8 Å². The van der Waals surface area contributed by atoms with Gasteiger partial charge in [0.25, 0.3) is 0 Å². The number of esters is 1. The number of fused-ring (bicyclic) bond motifs is 3. The Kier molecular flexibility index (Phi) is 2.74. The molecule has 0 radical (unpaired) electrons. The van der Waals surface area contributed by atoms with Crippen molar-refractivity contribution in [3.8, 4) is 0 Å². The van der Waals surface area contributed by atoms with Crippen molar-refractivity contribution in [1.82, 2.24) is 0 Å². The molecule has 0 aromatic heterocycles. The molecule has 102 valence electrons. The lowest BCUT2D eigenvalue weighted by Gasteiger charge is -2.51. The van der Waals surface area contributed by atoms with E-state index in [0.29, 0.717) is 23.4 Å². The van der Waals surface area contributed by atoms with Gasteiger partial charge in [-0.05, 0) is 30.6 Å². The van der Waals surface area contributed by atoms with Crippen LogP contribution in [0.2, 0.25) is 0 Å². The SMILES string of the molecule is CC(=O)O[C@@H]1CC2CCC(C)C(C)C2(C)[C@@H]2OC21. The summed E-state index contributed by atoms with van der Waals surface area (Å²) in [4.78, 5) is 11.2. The Morgan fingerprint density at radius 3 is 2.72 bits per heavy atom. The van der Waals surface area contributed by atoms with Crippen LogP contribution in [-0.4, -0.2) is 24.3 Å². The molecular formula is C15H24O3. The van der Waals surface area contributed by atoms with Crippen molar-refractivity contribution in [3.05, 3.63) is 0 Å². The van der Waals surface area contributed by atoms with Crippen LogP contribution in [0.1, 0.15) is 47.0 Å². The van der Waals surface area contributed by atoms with Gasteiger partial charge in [0.15, 0.2) is 0 Å². The van der Waals surface area contributed by atoms with Crippen LogP contribution in [0.4, 0.5) is 0 Å². The Hall–Kier alpha value is -0.570. The summed E-state index contributed by atoms with van der Waals surface area (Å²) in [6, 6.07) is 0. The van der Waals surface area contributed by atoms with E-state index >= 15 is 0 Å². The number of epoxide rings is 1. The van der Waals surface area contributed by atoms with Crippen LogP contribution in [0.5, 0.6) is 0 Å². The molecule has 1 aliphatic heterocycles. The molecule has 3 fully saturated rings. The second-order valence-electron chi connectivity index (χ2n) is 6.81. The van der Waals surface area contributed by atoms with Gasteiger partial charge in [-0.25, -0.2) is 0 Å². The monoisotopic (exact) mass is 252 g/mol. The maximum Gasteiger partial charge on any atom is 0.302 e. The van der Waals surface area contributed by atoms with E-state index < -0.39 is 0 Å². The molecule has 18 heavy (non-hydrogen) atoms. The third-order valence-corrected chi connectivity index (χ3v) is 6.02. The van der Waals surface area contributed by atoms with Crippen molar-refractivity contribution >= 4 is 5.97 Å². The van der Waals surface area contributed by atoms with Gasteiger partial charge < -0.3 is 9.47 Å². The predicted molar refractivity (Wildman–Crippen MR) is 68.0 cm³/mol. The second kappa shape index (κ2) is 3.96. The van der Waals surface area contributed by atoms with Gasteiger partial charge in [0.05, 0.1) is 6.10 Å². The number of rotatable bonds is 1. The molecule has 0 aromatic carbocycles. The first-order chi connectivity index (χ1) is 8.44. The van der Waals surface area contributed by atoms with Crippen molar-refractivity contribution in [2.75, 3.05) is 0 Å². The highest BCUT2D eigenvalue weighted by Crippen LogP contribution is 2.61. The molecule has 1 saturated heterocycles. The average Bonchev–Trinajstić information content (AvgIpc) is 3.08. The smallest absolute Gasteiger partial charge is 0.302 e. The van der Waals surface area contributed by atoms with Crippen molar-refractivity contribution in [3.63, 3.8) is 0 Å². The third-order valence-electron chi connectivity index (χ3n) is 6.02. The fourth-order valence-corrected chi connectivity index (χ4v) is 4.52. The summed E-state index contributed by atoms with van der Waals surface area (Å²) in [5.41, 5.74) is 0.291. The summed E-state index contributed by atoms with van der Waals surface area (Å²) in [6.45, 7) is 8.63. The molecule has 0 bridgehead atoms. The van der Waals surface area contributed by atoms with E-state index in [9.17, 15) is 4.79 Å². The predicted octanol–water partition coefficient (Wildman–Crippen LogP) is 2.78. The lowest BCUT2D eigenvalue weighted by atomic mass is 9.53. The summed E-state index contributed by atoms with van der Waals surface area (Å²) < 4.78 is 11.3. The molecule has 3 aliphatic rings. The first-order valence-corrected chi connectivity index (χ1v) is 7.27. The Morgan fingerprint density at radius 1 is 1.33 bits per heavy atom. The minimum Gasteiger partial charge on any atom is -0.460 e. The largest absolute Gasteiger partial charge is 0.460 e. The molecule has 0 spiro atoms.